The summed E-state index contributed by atoms with van der Waals surface area (Å²) in [7, 11) is 0. The van der Waals surface area contributed by atoms with Crippen LogP contribution in [0.5, 0.6) is 0 Å². The minimum absolute atomic E-state index is 0.388. The van der Waals surface area contributed by atoms with E-state index in [1.54, 1.807) is 0 Å². The third kappa shape index (κ3) is 1.65. The van der Waals surface area contributed by atoms with E-state index in [2.05, 4.69) is 32.0 Å². The molecule has 4 atom stereocenters. The Balaban J connectivity index is 1.63. The van der Waals surface area contributed by atoms with Crippen molar-refractivity contribution in [1.29, 1.82) is 0 Å². The molecule has 0 N–H and O–H groups in total. The van der Waals surface area contributed by atoms with Crippen LogP contribution in [0.4, 0.5) is 0 Å². The molecule has 3 saturated carbocycles. The SMILES string of the molecule is CCc1ccc(CC)c(C(=O)C2C3C4CCC(C4)C23)c1. The smallest absolute Gasteiger partial charge is 0.166 e. The molecule has 0 saturated heterocycles. The number of aryl methyl sites for hydroxylation is 2. The lowest BCUT2D eigenvalue weighted by molar-refractivity contribution is 0.0943. The Morgan fingerprint density at radius 2 is 1.80 bits per heavy atom. The normalized spacial score (nSPS) is 37.0. The maximum Gasteiger partial charge on any atom is 0.166 e. The standard InChI is InChI=1S/C19H24O/c1-3-11-5-6-12(4-2)15(9-11)19(20)18-16-13-7-8-14(10-13)17(16)18/h5-6,9,13-14,16-18H,3-4,7-8,10H2,1-2H3. The minimum Gasteiger partial charge on any atom is -0.294 e. The van der Waals surface area contributed by atoms with Crippen molar-refractivity contribution in [2.75, 3.05) is 0 Å². The molecule has 1 aromatic rings. The zero-order valence-corrected chi connectivity index (χ0v) is 12.6. The Bertz CT molecular complexity index is 543. The van der Waals surface area contributed by atoms with E-state index in [9.17, 15) is 4.79 Å². The Morgan fingerprint density at radius 1 is 1.10 bits per heavy atom. The van der Waals surface area contributed by atoms with E-state index in [-0.39, 0.29) is 0 Å². The number of hydrogen-bond donors (Lipinski definition) is 0. The van der Waals surface area contributed by atoms with Crippen molar-refractivity contribution in [3.05, 3.63) is 34.9 Å². The van der Waals surface area contributed by atoms with Crippen LogP contribution < -0.4 is 0 Å². The van der Waals surface area contributed by atoms with Gasteiger partial charge in [0.05, 0.1) is 0 Å². The van der Waals surface area contributed by atoms with E-state index in [0.717, 1.165) is 42.1 Å². The van der Waals surface area contributed by atoms with E-state index in [1.807, 2.05) is 0 Å². The topological polar surface area (TPSA) is 17.1 Å². The number of carbonyl (C=O) groups is 1. The van der Waals surface area contributed by atoms with Gasteiger partial charge < -0.3 is 0 Å². The number of benzene rings is 1. The highest BCUT2D eigenvalue weighted by Crippen LogP contribution is 2.70. The quantitative estimate of drug-likeness (QED) is 0.745. The van der Waals surface area contributed by atoms with Gasteiger partial charge in [0.25, 0.3) is 0 Å². The first-order valence-corrected chi connectivity index (χ1v) is 8.40. The average Bonchev–Trinajstić information content (AvgIpc) is 2.93. The lowest BCUT2D eigenvalue weighted by Crippen LogP contribution is -2.12. The van der Waals surface area contributed by atoms with Crippen LogP contribution in [0.25, 0.3) is 0 Å². The van der Waals surface area contributed by atoms with Gasteiger partial charge in [-0.25, -0.2) is 0 Å². The third-order valence-corrected chi connectivity index (χ3v) is 6.27. The summed E-state index contributed by atoms with van der Waals surface area (Å²) in [6.45, 7) is 4.33. The summed E-state index contributed by atoms with van der Waals surface area (Å²) in [6.07, 6.45) is 6.21. The first-order valence-electron chi connectivity index (χ1n) is 8.40. The highest BCUT2D eigenvalue weighted by atomic mass is 16.1. The van der Waals surface area contributed by atoms with Gasteiger partial charge in [0.15, 0.2) is 5.78 Å². The predicted molar refractivity (Wildman–Crippen MR) is 80.8 cm³/mol. The molecular formula is C19H24O. The van der Waals surface area contributed by atoms with Crippen LogP contribution in [-0.4, -0.2) is 5.78 Å². The summed E-state index contributed by atoms with van der Waals surface area (Å²) in [5, 5.41) is 0. The van der Waals surface area contributed by atoms with E-state index in [0.29, 0.717) is 11.7 Å². The summed E-state index contributed by atoms with van der Waals surface area (Å²) < 4.78 is 0. The zero-order valence-electron chi connectivity index (χ0n) is 12.6. The molecule has 3 fully saturated rings. The lowest BCUT2D eigenvalue weighted by Gasteiger charge is -2.12. The van der Waals surface area contributed by atoms with Crippen molar-refractivity contribution in [2.24, 2.45) is 29.6 Å². The first-order chi connectivity index (χ1) is 9.74. The molecule has 4 rings (SSSR count). The highest BCUT2D eigenvalue weighted by Gasteiger charge is 2.67. The molecule has 1 nitrogen and oxygen atoms in total. The highest BCUT2D eigenvalue weighted by molar-refractivity contribution is 6.01. The van der Waals surface area contributed by atoms with Crippen molar-refractivity contribution in [3.8, 4) is 0 Å². The van der Waals surface area contributed by atoms with Gasteiger partial charge in [-0.1, -0.05) is 26.0 Å². The van der Waals surface area contributed by atoms with E-state index in [4.69, 9.17) is 0 Å². The van der Waals surface area contributed by atoms with Crippen LogP contribution in [0.3, 0.4) is 0 Å². The van der Waals surface area contributed by atoms with Gasteiger partial charge in [0.1, 0.15) is 0 Å². The molecule has 4 unspecified atom stereocenters. The minimum atomic E-state index is 0.388. The maximum atomic E-state index is 13.0. The molecule has 0 radical (unpaired) electrons. The van der Waals surface area contributed by atoms with Crippen LogP contribution in [0.15, 0.2) is 18.2 Å². The summed E-state index contributed by atoms with van der Waals surface area (Å²) in [5.74, 6) is 4.16. The first kappa shape index (κ1) is 12.6. The second-order valence-electron chi connectivity index (χ2n) is 7.08. The fraction of sp³-hybridized carbons (Fsp3) is 0.632. The molecule has 2 bridgehead atoms. The van der Waals surface area contributed by atoms with Gasteiger partial charge in [-0.05, 0) is 73.0 Å². The molecule has 20 heavy (non-hydrogen) atoms. The van der Waals surface area contributed by atoms with Crippen molar-refractivity contribution >= 4 is 5.78 Å². The third-order valence-electron chi connectivity index (χ3n) is 6.27. The van der Waals surface area contributed by atoms with Gasteiger partial charge >= 0.3 is 0 Å². The number of fused-ring (bicyclic) bond motifs is 5. The van der Waals surface area contributed by atoms with Crippen molar-refractivity contribution in [2.45, 2.75) is 46.0 Å². The number of hydrogen-bond acceptors (Lipinski definition) is 1. The molecule has 1 aromatic carbocycles. The van der Waals surface area contributed by atoms with Crippen molar-refractivity contribution in [1.82, 2.24) is 0 Å². The Kier molecular flexibility index (Phi) is 2.80. The summed E-state index contributed by atoms with van der Waals surface area (Å²) in [6, 6.07) is 6.54. The number of ketones is 1. The Morgan fingerprint density at radius 3 is 2.40 bits per heavy atom. The fourth-order valence-corrected chi connectivity index (χ4v) is 5.24. The van der Waals surface area contributed by atoms with E-state index < -0.39 is 0 Å². The van der Waals surface area contributed by atoms with E-state index in [1.165, 1.54) is 30.4 Å². The van der Waals surface area contributed by atoms with Gasteiger partial charge in [-0.2, -0.15) is 0 Å². The number of rotatable bonds is 4. The van der Waals surface area contributed by atoms with E-state index >= 15 is 0 Å². The van der Waals surface area contributed by atoms with Gasteiger partial charge in [0.2, 0.25) is 0 Å². The zero-order chi connectivity index (χ0) is 13.9. The molecule has 3 aliphatic carbocycles. The Labute approximate surface area is 121 Å². The molecule has 0 amide bonds. The predicted octanol–water partition coefficient (Wildman–Crippen LogP) is 4.29. The van der Waals surface area contributed by atoms with Gasteiger partial charge in [-0.3, -0.25) is 4.79 Å². The van der Waals surface area contributed by atoms with Gasteiger partial charge in [0, 0.05) is 11.5 Å². The second-order valence-corrected chi connectivity index (χ2v) is 7.08. The monoisotopic (exact) mass is 268 g/mol. The van der Waals surface area contributed by atoms with Crippen LogP contribution in [-0.2, 0) is 12.8 Å². The lowest BCUT2D eigenvalue weighted by atomic mass is 9.91. The number of carbonyl (C=O) groups excluding carboxylic acids is 1. The molecule has 106 valence electrons. The summed E-state index contributed by atoms with van der Waals surface area (Å²) in [5.41, 5.74) is 3.61. The summed E-state index contributed by atoms with van der Waals surface area (Å²) >= 11 is 0. The molecule has 0 aliphatic heterocycles. The molecule has 0 heterocycles. The second kappa shape index (κ2) is 4.44. The van der Waals surface area contributed by atoms with Crippen molar-refractivity contribution in [3.63, 3.8) is 0 Å². The maximum absolute atomic E-state index is 13.0. The molecule has 0 spiro atoms. The molecule has 0 aromatic heterocycles. The molecular weight excluding hydrogens is 244 g/mol. The molecule has 3 aliphatic rings. The average molecular weight is 268 g/mol. The summed E-state index contributed by atoms with van der Waals surface area (Å²) in [4.78, 5) is 13.0. The van der Waals surface area contributed by atoms with Crippen LogP contribution in [0.1, 0.15) is 54.6 Å². The van der Waals surface area contributed by atoms with Gasteiger partial charge in [-0.15, -0.1) is 0 Å². The number of Topliss-reactive ketones (excluding diaryl/α,β-unsaturated/α-hetero) is 1. The van der Waals surface area contributed by atoms with Crippen molar-refractivity contribution < 1.29 is 4.79 Å². The van der Waals surface area contributed by atoms with Crippen LogP contribution in [0, 0.1) is 29.6 Å². The van der Waals surface area contributed by atoms with Crippen LogP contribution in [0.2, 0.25) is 0 Å². The Hall–Kier alpha value is -1.11. The molecule has 1 heteroatoms. The largest absolute Gasteiger partial charge is 0.294 e. The van der Waals surface area contributed by atoms with Crippen LogP contribution >= 0.6 is 0 Å². The fourth-order valence-electron chi connectivity index (χ4n) is 5.24.